The fourth-order valence-electron chi connectivity index (χ4n) is 3.37. The van der Waals surface area contributed by atoms with Crippen LogP contribution >= 0.6 is 0 Å². The molecule has 2 aromatic carbocycles. The van der Waals surface area contributed by atoms with E-state index in [-0.39, 0.29) is 18.2 Å². The summed E-state index contributed by atoms with van der Waals surface area (Å²) in [5, 5.41) is 7.11. The Balaban J connectivity index is 1.76. The zero-order valence-corrected chi connectivity index (χ0v) is 17.2. The minimum Gasteiger partial charge on any atom is -0.493 e. The number of carbonyl (C=O) groups excluding carboxylic acids is 1. The van der Waals surface area contributed by atoms with E-state index in [1.165, 1.54) is 0 Å². The van der Waals surface area contributed by atoms with Crippen molar-refractivity contribution in [1.82, 2.24) is 10.1 Å². The highest BCUT2D eigenvalue weighted by molar-refractivity contribution is 5.98. The second-order valence-corrected chi connectivity index (χ2v) is 6.72. The van der Waals surface area contributed by atoms with E-state index in [2.05, 4.69) is 15.5 Å². The van der Waals surface area contributed by atoms with Crippen LogP contribution in [0.5, 0.6) is 11.5 Å². The molecule has 0 aliphatic carbocycles. The molecule has 7 nitrogen and oxygen atoms in total. The minimum absolute atomic E-state index is 0.207. The molecule has 0 saturated carbocycles. The Bertz CT molecular complexity index is 1170. The summed E-state index contributed by atoms with van der Waals surface area (Å²) in [5.74, 6) is 1.14. The molecule has 4 aromatic rings. The lowest BCUT2D eigenvalue weighted by Crippen LogP contribution is -2.14. The van der Waals surface area contributed by atoms with E-state index in [0.717, 1.165) is 11.1 Å². The van der Waals surface area contributed by atoms with Crippen molar-refractivity contribution in [2.24, 2.45) is 0 Å². The van der Waals surface area contributed by atoms with Crippen molar-refractivity contribution in [2.45, 2.75) is 6.42 Å². The lowest BCUT2D eigenvalue weighted by molar-refractivity contribution is -0.115. The molecule has 0 radical (unpaired) electrons. The van der Waals surface area contributed by atoms with Crippen LogP contribution in [0.4, 0.5) is 5.88 Å². The molecule has 0 fully saturated rings. The van der Waals surface area contributed by atoms with Crippen molar-refractivity contribution in [2.75, 3.05) is 19.5 Å². The van der Waals surface area contributed by atoms with Crippen LogP contribution in [0, 0.1) is 0 Å². The third kappa shape index (κ3) is 4.25. The Morgan fingerprint density at radius 2 is 1.74 bits per heavy atom. The summed E-state index contributed by atoms with van der Waals surface area (Å²) in [7, 11) is 3.14. The third-order valence-corrected chi connectivity index (χ3v) is 4.78. The predicted molar refractivity (Wildman–Crippen MR) is 117 cm³/mol. The van der Waals surface area contributed by atoms with Crippen molar-refractivity contribution < 1.29 is 18.8 Å². The first-order chi connectivity index (χ1) is 15.2. The summed E-state index contributed by atoms with van der Waals surface area (Å²) in [6, 6.07) is 18.7. The molecule has 31 heavy (non-hydrogen) atoms. The average molecular weight is 415 g/mol. The second-order valence-electron chi connectivity index (χ2n) is 6.72. The fraction of sp³-hybridized carbons (Fsp3) is 0.125. The van der Waals surface area contributed by atoms with Gasteiger partial charge >= 0.3 is 0 Å². The molecular formula is C24H21N3O4. The summed E-state index contributed by atoms with van der Waals surface area (Å²) < 4.78 is 16.6. The molecular weight excluding hydrogens is 394 g/mol. The van der Waals surface area contributed by atoms with Gasteiger partial charge in [-0.2, -0.15) is 0 Å². The van der Waals surface area contributed by atoms with Gasteiger partial charge in [0.1, 0.15) is 5.69 Å². The Labute approximate surface area is 179 Å². The van der Waals surface area contributed by atoms with Gasteiger partial charge in [-0.05, 0) is 35.4 Å². The highest BCUT2D eigenvalue weighted by Gasteiger charge is 2.24. The Hall–Kier alpha value is -4.13. The summed E-state index contributed by atoms with van der Waals surface area (Å²) in [4.78, 5) is 16.8. The van der Waals surface area contributed by atoms with Gasteiger partial charge in [-0.25, -0.2) is 0 Å². The standard InChI is InChI=1S/C24H21N3O4/c1-29-19-10-6-9-18(23(19)30-2)22-21(17-11-13-25-14-12-17)24(31-27-22)26-20(28)15-16-7-4-3-5-8-16/h3-14H,15H2,1-2H3,(H,26,28). The normalized spacial score (nSPS) is 10.5. The van der Waals surface area contributed by atoms with E-state index in [0.29, 0.717) is 28.3 Å². The first-order valence-electron chi connectivity index (χ1n) is 9.66. The predicted octanol–water partition coefficient (Wildman–Crippen LogP) is 4.60. The molecule has 156 valence electrons. The number of anilines is 1. The maximum atomic E-state index is 12.7. The third-order valence-electron chi connectivity index (χ3n) is 4.78. The van der Waals surface area contributed by atoms with Gasteiger partial charge in [0, 0.05) is 12.4 Å². The van der Waals surface area contributed by atoms with Gasteiger partial charge in [0.2, 0.25) is 11.8 Å². The number of pyridine rings is 1. The molecule has 1 N–H and O–H groups in total. The van der Waals surface area contributed by atoms with Crippen molar-refractivity contribution >= 4 is 11.8 Å². The summed E-state index contributed by atoms with van der Waals surface area (Å²) >= 11 is 0. The number of benzene rings is 2. The highest BCUT2D eigenvalue weighted by atomic mass is 16.5. The Kier molecular flexibility index (Phi) is 5.93. The van der Waals surface area contributed by atoms with E-state index in [4.69, 9.17) is 14.0 Å². The molecule has 0 saturated heterocycles. The number of amides is 1. The van der Waals surface area contributed by atoms with Gasteiger partial charge in [-0.1, -0.05) is 41.6 Å². The van der Waals surface area contributed by atoms with Gasteiger partial charge in [0.15, 0.2) is 11.5 Å². The molecule has 1 amide bonds. The number of nitrogens with zero attached hydrogens (tertiary/aromatic N) is 2. The summed E-state index contributed by atoms with van der Waals surface area (Å²) in [6.07, 6.45) is 3.56. The Morgan fingerprint density at radius 3 is 2.45 bits per heavy atom. The van der Waals surface area contributed by atoms with Crippen LogP contribution in [0.1, 0.15) is 5.56 Å². The number of carbonyl (C=O) groups is 1. The second kappa shape index (κ2) is 9.13. The number of hydrogen-bond acceptors (Lipinski definition) is 6. The van der Waals surface area contributed by atoms with Gasteiger partial charge in [-0.3, -0.25) is 15.1 Å². The number of aromatic nitrogens is 2. The molecule has 2 heterocycles. The van der Waals surface area contributed by atoms with Crippen molar-refractivity contribution in [3.63, 3.8) is 0 Å². The number of ether oxygens (including phenoxy) is 2. The van der Waals surface area contributed by atoms with Crippen LogP contribution in [-0.2, 0) is 11.2 Å². The topological polar surface area (TPSA) is 86.5 Å². The lowest BCUT2D eigenvalue weighted by atomic mass is 10.0. The van der Waals surface area contributed by atoms with Gasteiger partial charge in [0.25, 0.3) is 0 Å². The zero-order valence-electron chi connectivity index (χ0n) is 17.2. The molecule has 0 spiro atoms. The molecule has 0 bridgehead atoms. The molecule has 0 aliphatic heterocycles. The van der Waals surface area contributed by atoms with E-state index in [9.17, 15) is 4.79 Å². The SMILES string of the molecule is COc1cccc(-c2noc(NC(=O)Cc3ccccc3)c2-c2ccncc2)c1OC. The van der Waals surface area contributed by atoms with E-state index >= 15 is 0 Å². The summed E-state index contributed by atoms with van der Waals surface area (Å²) in [6.45, 7) is 0. The first kappa shape index (κ1) is 20.2. The number of nitrogens with one attached hydrogen (secondary N) is 1. The zero-order chi connectivity index (χ0) is 21.6. The molecule has 0 unspecified atom stereocenters. The number of hydrogen-bond donors (Lipinski definition) is 1. The first-order valence-corrected chi connectivity index (χ1v) is 9.66. The van der Waals surface area contributed by atoms with Gasteiger partial charge in [0.05, 0.1) is 31.8 Å². The van der Waals surface area contributed by atoms with Crippen LogP contribution in [0.25, 0.3) is 22.4 Å². The lowest BCUT2D eigenvalue weighted by Gasteiger charge is -2.12. The van der Waals surface area contributed by atoms with Crippen LogP contribution in [-0.4, -0.2) is 30.3 Å². The summed E-state index contributed by atoms with van der Waals surface area (Å²) in [5.41, 5.74) is 3.54. The molecule has 7 heteroatoms. The highest BCUT2D eigenvalue weighted by Crippen LogP contribution is 2.44. The van der Waals surface area contributed by atoms with Crippen LogP contribution in [0.15, 0.2) is 77.6 Å². The van der Waals surface area contributed by atoms with E-state index in [1.54, 1.807) is 32.7 Å². The van der Waals surface area contributed by atoms with Crippen LogP contribution in [0.3, 0.4) is 0 Å². The largest absolute Gasteiger partial charge is 0.493 e. The van der Waals surface area contributed by atoms with Crippen LogP contribution < -0.4 is 14.8 Å². The smallest absolute Gasteiger partial charge is 0.239 e. The van der Waals surface area contributed by atoms with Crippen molar-refractivity contribution in [3.8, 4) is 33.9 Å². The van der Waals surface area contributed by atoms with Crippen LogP contribution in [0.2, 0.25) is 0 Å². The number of para-hydroxylation sites is 1. The molecule has 0 atom stereocenters. The quantitative estimate of drug-likeness (QED) is 0.475. The minimum atomic E-state index is -0.207. The van der Waals surface area contributed by atoms with Crippen molar-refractivity contribution in [3.05, 3.63) is 78.6 Å². The van der Waals surface area contributed by atoms with Gasteiger partial charge in [-0.15, -0.1) is 0 Å². The average Bonchev–Trinajstić information content (AvgIpc) is 3.22. The number of rotatable bonds is 7. The molecule has 4 rings (SSSR count). The van der Waals surface area contributed by atoms with E-state index < -0.39 is 0 Å². The fourth-order valence-corrected chi connectivity index (χ4v) is 3.37. The van der Waals surface area contributed by atoms with Gasteiger partial charge < -0.3 is 14.0 Å². The van der Waals surface area contributed by atoms with Crippen molar-refractivity contribution in [1.29, 1.82) is 0 Å². The molecule has 2 aromatic heterocycles. The van der Waals surface area contributed by atoms with E-state index in [1.807, 2.05) is 54.6 Å². The maximum absolute atomic E-state index is 12.7. The number of methoxy groups -OCH3 is 2. The maximum Gasteiger partial charge on any atom is 0.239 e. The Morgan fingerprint density at radius 1 is 0.968 bits per heavy atom. The molecule has 0 aliphatic rings. The monoisotopic (exact) mass is 415 g/mol.